The van der Waals surface area contributed by atoms with E-state index in [1.165, 1.54) is 41.8 Å². The smallest absolute Gasteiger partial charge is 0.246 e. The SMILES string of the molecule is Cc1cccc2sc(NC(=O)Cn3cc(S(=O)(=O)Cc4ccc(F)cc4)c4ccccc43)nc12. The second-order valence-electron chi connectivity index (χ2n) is 8.01. The second-order valence-corrected chi connectivity index (χ2v) is 11.0. The average molecular weight is 494 g/mol. The van der Waals surface area contributed by atoms with Gasteiger partial charge in [0.1, 0.15) is 12.4 Å². The zero-order valence-corrected chi connectivity index (χ0v) is 19.8. The highest BCUT2D eigenvalue weighted by Gasteiger charge is 2.22. The Bertz CT molecular complexity index is 1640. The third-order valence-corrected chi connectivity index (χ3v) is 8.18. The van der Waals surface area contributed by atoms with Crippen molar-refractivity contribution in [3.8, 4) is 0 Å². The molecule has 172 valence electrons. The van der Waals surface area contributed by atoms with E-state index in [-0.39, 0.29) is 23.1 Å². The van der Waals surface area contributed by atoms with Crippen molar-refractivity contribution in [2.45, 2.75) is 24.1 Å². The van der Waals surface area contributed by atoms with Crippen LogP contribution in [0.4, 0.5) is 9.52 Å². The number of nitrogens with zero attached hydrogens (tertiary/aromatic N) is 2. The average Bonchev–Trinajstić information content (AvgIpc) is 3.38. The first kappa shape index (κ1) is 22.2. The van der Waals surface area contributed by atoms with Gasteiger partial charge in [0.25, 0.3) is 0 Å². The summed E-state index contributed by atoms with van der Waals surface area (Å²) in [4.78, 5) is 17.5. The van der Waals surface area contributed by atoms with Crippen LogP contribution in [0.2, 0.25) is 0 Å². The quantitative estimate of drug-likeness (QED) is 0.348. The molecule has 0 saturated carbocycles. The number of nitrogens with one attached hydrogen (secondary N) is 1. The molecule has 0 aliphatic heterocycles. The molecule has 6 nitrogen and oxygen atoms in total. The van der Waals surface area contributed by atoms with Crippen LogP contribution in [0.3, 0.4) is 0 Å². The molecule has 0 saturated heterocycles. The topological polar surface area (TPSA) is 81.1 Å². The highest BCUT2D eigenvalue weighted by Crippen LogP contribution is 2.30. The number of aryl methyl sites for hydroxylation is 1. The van der Waals surface area contributed by atoms with Crippen LogP contribution in [-0.2, 0) is 26.9 Å². The molecule has 9 heteroatoms. The maximum Gasteiger partial charge on any atom is 0.246 e. The standard InChI is InChI=1S/C25H20FN3O3S2/c1-16-5-4-8-21-24(16)28-25(33-21)27-23(30)14-29-13-22(19-6-2-3-7-20(19)29)34(31,32)15-17-9-11-18(26)12-10-17/h2-13H,14-15H2,1H3,(H,27,28,30). The van der Waals surface area contributed by atoms with E-state index in [0.717, 1.165) is 15.8 Å². The van der Waals surface area contributed by atoms with Gasteiger partial charge in [-0.25, -0.2) is 17.8 Å². The van der Waals surface area contributed by atoms with Crippen LogP contribution in [0.25, 0.3) is 21.1 Å². The van der Waals surface area contributed by atoms with E-state index in [2.05, 4.69) is 10.3 Å². The molecule has 0 bridgehead atoms. The third kappa shape index (κ3) is 4.32. The number of fused-ring (bicyclic) bond motifs is 2. The lowest BCUT2D eigenvalue weighted by atomic mass is 10.2. The summed E-state index contributed by atoms with van der Waals surface area (Å²) >= 11 is 1.39. The molecule has 0 atom stereocenters. The summed E-state index contributed by atoms with van der Waals surface area (Å²) in [5.74, 6) is -0.995. The number of anilines is 1. The van der Waals surface area contributed by atoms with Crippen molar-refractivity contribution >= 4 is 53.3 Å². The number of hydrogen-bond donors (Lipinski definition) is 1. The van der Waals surface area contributed by atoms with Gasteiger partial charge in [0.15, 0.2) is 15.0 Å². The Labute approximate surface area is 199 Å². The fourth-order valence-electron chi connectivity index (χ4n) is 3.92. The van der Waals surface area contributed by atoms with Gasteiger partial charge in [-0.2, -0.15) is 0 Å². The monoisotopic (exact) mass is 493 g/mol. The van der Waals surface area contributed by atoms with Gasteiger partial charge < -0.3 is 9.88 Å². The number of benzene rings is 3. The van der Waals surface area contributed by atoms with Crippen molar-refractivity contribution in [2.24, 2.45) is 0 Å². The molecular weight excluding hydrogens is 473 g/mol. The summed E-state index contributed by atoms with van der Waals surface area (Å²) in [5, 5.41) is 3.86. The van der Waals surface area contributed by atoms with Crippen LogP contribution >= 0.6 is 11.3 Å². The molecular formula is C25H20FN3O3S2. The predicted molar refractivity (Wildman–Crippen MR) is 132 cm³/mol. The number of para-hydroxylation sites is 2. The van der Waals surface area contributed by atoms with Gasteiger partial charge in [0.2, 0.25) is 5.91 Å². The Balaban J connectivity index is 1.43. The van der Waals surface area contributed by atoms with Crippen LogP contribution in [0.1, 0.15) is 11.1 Å². The van der Waals surface area contributed by atoms with Gasteiger partial charge in [-0.3, -0.25) is 4.79 Å². The van der Waals surface area contributed by atoms with Crippen LogP contribution in [-0.4, -0.2) is 23.9 Å². The Kier molecular flexibility index (Phi) is 5.66. The number of thiazole rings is 1. The Morgan fingerprint density at radius 2 is 1.82 bits per heavy atom. The summed E-state index contributed by atoms with van der Waals surface area (Å²) in [6.07, 6.45) is 1.49. The Morgan fingerprint density at radius 3 is 2.59 bits per heavy atom. The molecule has 1 amide bonds. The first-order valence-electron chi connectivity index (χ1n) is 10.5. The second kappa shape index (κ2) is 8.66. The number of rotatable bonds is 6. The molecule has 5 aromatic rings. The van der Waals surface area contributed by atoms with Crippen LogP contribution < -0.4 is 5.32 Å². The molecule has 0 fully saturated rings. The molecule has 2 aromatic heterocycles. The number of carbonyl (C=O) groups is 1. The molecule has 0 aliphatic rings. The summed E-state index contributed by atoms with van der Waals surface area (Å²) < 4.78 is 42.2. The number of halogens is 1. The van der Waals surface area contributed by atoms with Crippen molar-refractivity contribution in [1.29, 1.82) is 0 Å². The molecule has 34 heavy (non-hydrogen) atoms. The molecule has 5 rings (SSSR count). The summed E-state index contributed by atoms with van der Waals surface area (Å²) in [6, 6.07) is 18.3. The van der Waals surface area contributed by atoms with Crippen molar-refractivity contribution < 1.29 is 17.6 Å². The van der Waals surface area contributed by atoms with Gasteiger partial charge in [-0.15, -0.1) is 0 Å². The zero-order valence-electron chi connectivity index (χ0n) is 18.2. The lowest BCUT2D eigenvalue weighted by molar-refractivity contribution is -0.116. The van der Waals surface area contributed by atoms with Crippen molar-refractivity contribution in [1.82, 2.24) is 9.55 Å². The number of aromatic nitrogens is 2. The number of sulfone groups is 1. The Morgan fingerprint density at radius 1 is 1.06 bits per heavy atom. The predicted octanol–water partition coefficient (Wildman–Crippen LogP) is 5.31. The minimum atomic E-state index is -3.73. The molecule has 0 radical (unpaired) electrons. The largest absolute Gasteiger partial charge is 0.337 e. The lowest BCUT2D eigenvalue weighted by Gasteiger charge is -2.05. The van der Waals surface area contributed by atoms with Gasteiger partial charge in [0, 0.05) is 17.1 Å². The summed E-state index contributed by atoms with van der Waals surface area (Å²) in [7, 11) is -3.73. The van der Waals surface area contributed by atoms with Crippen LogP contribution in [0.5, 0.6) is 0 Å². The molecule has 2 heterocycles. The van der Waals surface area contributed by atoms with Crippen molar-refractivity contribution in [3.63, 3.8) is 0 Å². The first-order chi connectivity index (χ1) is 16.3. The minimum absolute atomic E-state index is 0.0680. The minimum Gasteiger partial charge on any atom is -0.337 e. The van der Waals surface area contributed by atoms with E-state index < -0.39 is 15.7 Å². The Hall–Kier alpha value is -3.56. The maximum atomic E-state index is 13.2. The molecule has 0 spiro atoms. The highest BCUT2D eigenvalue weighted by molar-refractivity contribution is 7.90. The van der Waals surface area contributed by atoms with Crippen molar-refractivity contribution in [3.05, 3.63) is 89.9 Å². The van der Waals surface area contributed by atoms with E-state index in [0.29, 0.717) is 21.6 Å². The van der Waals surface area contributed by atoms with E-state index >= 15 is 0 Å². The van der Waals surface area contributed by atoms with E-state index in [9.17, 15) is 17.6 Å². The normalized spacial score (nSPS) is 11.8. The van der Waals surface area contributed by atoms with Crippen LogP contribution in [0.15, 0.2) is 77.8 Å². The highest BCUT2D eigenvalue weighted by atomic mass is 32.2. The van der Waals surface area contributed by atoms with Gasteiger partial charge >= 0.3 is 0 Å². The zero-order chi connectivity index (χ0) is 23.9. The fraction of sp³-hybridized carbons (Fsp3) is 0.120. The number of hydrogen-bond acceptors (Lipinski definition) is 5. The van der Waals surface area contributed by atoms with E-state index in [1.54, 1.807) is 28.8 Å². The maximum absolute atomic E-state index is 13.2. The summed E-state index contributed by atoms with van der Waals surface area (Å²) in [6.45, 7) is 1.90. The number of amides is 1. The van der Waals surface area contributed by atoms with E-state index in [4.69, 9.17) is 0 Å². The molecule has 1 N–H and O–H groups in total. The summed E-state index contributed by atoms with van der Waals surface area (Å²) in [5.41, 5.74) is 3.00. The van der Waals surface area contributed by atoms with Crippen LogP contribution in [0, 0.1) is 12.7 Å². The molecule has 0 unspecified atom stereocenters. The van der Waals surface area contributed by atoms with Gasteiger partial charge in [-0.1, -0.05) is 53.8 Å². The van der Waals surface area contributed by atoms with Crippen molar-refractivity contribution in [2.75, 3.05) is 5.32 Å². The third-order valence-electron chi connectivity index (χ3n) is 5.54. The number of carbonyl (C=O) groups excluding carboxylic acids is 1. The molecule has 0 aliphatic carbocycles. The van der Waals surface area contributed by atoms with E-state index in [1.807, 2.05) is 25.1 Å². The fourth-order valence-corrected chi connectivity index (χ4v) is 6.47. The first-order valence-corrected chi connectivity index (χ1v) is 13.0. The van der Waals surface area contributed by atoms with Gasteiger partial charge in [0.05, 0.1) is 20.9 Å². The lowest BCUT2D eigenvalue weighted by Crippen LogP contribution is -2.18. The van der Waals surface area contributed by atoms with Gasteiger partial charge in [-0.05, 0) is 42.3 Å². The molecule has 3 aromatic carbocycles.